The van der Waals surface area contributed by atoms with E-state index in [1.165, 1.54) is 12.1 Å². The van der Waals surface area contributed by atoms with E-state index in [0.29, 0.717) is 9.44 Å². The molecule has 0 radical (unpaired) electrons. The van der Waals surface area contributed by atoms with E-state index < -0.39 is 47.7 Å². The van der Waals surface area contributed by atoms with Gasteiger partial charge in [0.2, 0.25) is 6.23 Å². The number of carbonyl (C=O) groups excluding carboxylic acids is 1. The Morgan fingerprint density at radius 2 is 2.16 bits per heavy atom. The Morgan fingerprint density at radius 3 is 2.81 bits per heavy atom. The third-order valence-corrected chi connectivity index (χ3v) is 5.34. The minimum absolute atomic E-state index is 0.0594. The molecule has 0 amide bonds. The van der Waals surface area contributed by atoms with Gasteiger partial charge in [-0.05, 0) is 12.1 Å². The van der Waals surface area contributed by atoms with Crippen molar-refractivity contribution in [1.29, 1.82) is 0 Å². The van der Waals surface area contributed by atoms with Crippen LogP contribution in [0.25, 0.3) is 0 Å². The smallest absolute Gasteiger partial charge is 0.434 e. The van der Waals surface area contributed by atoms with Crippen LogP contribution >= 0.6 is 11.3 Å². The van der Waals surface area contributed by atoms with Crippen LogP contribution in [0.4, 0.5) is 24.4 Å². The van der Waals surface area contributed by atoms with Gasteiger partial charge in [0.1, 0.15) is 18.5 Å². The molecule has 0 aromatic carbocycles. The van der Waals surface area contributed by atoms with E-state index in [2.05, 4.69) is 4.98 Å². The predicted octanol–water partition coefficient (Wildman–Crippen LogP) is 1.08. The van der Waals surface area contributed by atoms with Crippen molar-refractivity contribution in [2.75, 3.05) is 18.9 Å². The summed E-state index contributed by atoms with van der Waals surface area (Å²) in [6.07, 6.45) is -6.27. The molecule has 3 atom stereocenters. The number of aromatic nitrogens is 2. The van der Waals surface area contributed by atoms with Gasteiger partial charge in [-0.2, -0.15) is 13.8 Å². The summed E-state index contributed by atoms with van der Waals surface area (Å²) in [7, 11) is 0. The first-order valence-corrected chi connectivity index (χ1v) is 9.50. The van der Waals surface area contributed by atoms with Crippen LogP contribution in [0.15, 0.2) is 29.2 Å². The molecular weight excluding hydrogens is 446 g/mol. The van der Waals surface area contributed by atoms with E-state index in [1.54, 1.807) is 0 Å². The number of carbonyl (C=O) groups is 1. The molecule has 0 spiro atoms. The Balaban J connectivity index is 1.52. The summed E-state index contributed by atoms with van der Waals surface area (Å²) < 4.78 is 43.7. The summed E-state index contributed by atoms with van der Waals surface area (Å²) in [5.41, 5.74) is 4.21. The maximum atomic E-state index is 14.4. The Bertz CT molecular complexity index is 1030. The molecule has 1 saturated heterocycles. The molecule has 0 aliphatic carbocycles. The van der Waals surface area contributed by atoms with Gasteiger partial charge < -0.3 is 25.1 Å². The van der Waals surface area contributed by atoms with Crippen molar-refractivity contribution in [3.8, 4) is 0 Å². The lowest BCUT2D eigenvalue weighted by molar-refractivity contribution is -0.380. The van der Waals surface area contributed by atoms with Gasteiger partial charge in [0.05, 0.1) is 11.5 Å². The molecule has 15 heteroatoms. The zero-order chi connectivity index (χ0) is 22.8. The van der Waals surface area contributed by atoms with Gasteiger partial charge in [-0.3, -0.25) is 14.7 Å². The van der Waals surface area contributed by atoms with E-state index in [4.69, 9.17) is 19.9 Å². The number of aliphatic hydroxyl groups excluding tert-OH is 1. The molecule has 0 unspecified atom stereocenters. The zero-order valence-corrected chi connectivity index (χ0v) is 16.4. The minimum atomic E-state index is -3.88. The fourth-order valence-corrected chi connectivity index (χ4v) is 3.54. The fourth-order valence-electron chi connectivity index (χ4n) is 2.74. The molecule has 2 aromatic heterocycles. The Kier molecular flexibility index (Phi) is 6.47. The standard InChI is InChI=1S/C16H16F2N4O8S/c17-16(18)12(23)9(30-13(16)21-5-3-10(19)20-14(21)24)7-29-15(25)28-6-4-8-1-2-11(31-8)22(26)27/h1-3,5,9,12-13,23H,4,6-7H2,(H2,19,20,24)/t9-,12-,13-/m1/s1. The molecule has 3 rings (SSSR count). The van der Waals surface area contributed by atoms with Crippen molar-refractivity contribution in [2.45, 2.75) is 30.8 Å². The summed E-state index contributed by atoms with van der Waals surface area (Å²) >= 11 is 0.918. The molecule has 1 aliphatic heterocycles. The van der Waals surface area contributed by atoms with Crippen LogP contribution in [0.3, 0.4) is 0 Å². The average Bonchev–Trinajstić information content (AvgIpc) is 3.25. The number of hydrogen-bond donors (Lipinski definition) is 2. The van der Waals surface area contributed by atoms with Gasteiger partial charge in [-0.15, -0.1) is 0 Å². The summed E-state index contributed by atoms with van der Waals surface area (Å²) in [6, 6.07) is 3.93. The lowest BCUT2D eigenvalue weighted by atomic mass is 10.1. The van der Waals surface area contributed by atoms with Gasteiger partial charge in [0, 0.05) is 23.6 Å². The first-order valence-electron chi connectivity index (χ1n) is 8.68. The van der Waals surface area contributed by atoms with Crippen molar-refractivity contribution >= 4 is 28.3 Å². The highest BCUT2D eigenvalue weighted by molar-refractivity contribution is 7.15. The van der Waals surface area contributed by atoms with Crippen molar-refractivity contribution < 1.29 is 37.8 Å². The van der Waals surface area contributed by atoms with Crippen LogP contribution in [-0.4, -0.2) is 57.1 Å². The third-order valence-electron chi connectivity index (χ3n) is 4.24. The molecule has 3 N–H and O–H groups in total. The topological polar surface area (TPSA) is 169 Å². The highest BCUT2D eigenvalue weighted by atomic mass is 32.1. The molecule has 3 heterocycles. The normalized spacial score (nSPS) is 22.2. The first-order chi connectivity index (χ1) is 14.6. The number of rotatable bonds is 7. The van der Waals surface area contributed by atoms with Crippen LogP contribution in [0.2, 0.25) is 0 Å². The molecule has 1 fully saturated rings. The third kappa shape index (κ3) is 4.95. The quantitative estimate of drug-likeness (QED) is 0.345. The number of alkyl halides is 2. The highest BCUT2D eigenvalue weighted by Gasteiger charge is 2.60. The molecule has 12 nitrogen and oxygen atoms in total. The number of nitrogens with two attached hydrogens (primary N) is 1. The number of thiophene rings is 1. The molecule has 0 bridgehead atoms. The zero-order valence-electron chi connectivity index (χ0n) is 15.6. The second kappa shape index (κ2) is 8.91. The van der Waals surface area contributed by atoms with Crippen LogP contribution < -0.4 is 11.4 Å². The summed E-state index contributed by atoms with van der Waals surface area (Å²) in [5.74, 6) is -4.06. The van der Waals surface area contributed by atoms with E-state index >= 15 is 0 Å². The summed E-state index contributed by atoms with van der Waals surface area (Å²) in [6.45, 7) is -0.941. The van der Waals surface area contributed by atoms with Crippen molar-refractivity contribution in [2.24, 2.45) is 0 Å². The molecule has 31 heavy (non-hydrogen) atoms. The monoisotopic (exact) mass is 462 g/mol. The predicted molar refractivity (Wildman–Crippen MR) is 99.8 cm³/mol. The Labute approximate surface area is 175 Å². The molecule has 2 aromatic rings. The second-order valence-electron chi connectivity index (χ2n) is 6.35. The number of nitrogens with zero attached hydrogens (tertiary/aromatic N) is 3. The van der Waals surface area contributed by atoms with Crippen LogP contribution in [0.1, 0.15) is 11.1 Å². The van der Waals surface area contributed by atoms with Crippen LogP contribution in [0, 0.1) is 10.1 Å². The lowest BCUT2D eigenvalue weighted by Crippen LogP contribution is -2.42. The van der Waals surface area contributed by atoms with Gasteiger partial charge >= 0.3 is 22.8 Å². The first kappa shape index (κ1) is 22.5. The fraction of sp³-hybridized carbons (Fsp3) is 0.438. The number of aliphatic hydroxyl groups is 1. The average molecular weight is 462 g/mol. The highest BCUT2D eigenvalue weighted by Crippen LogP contribution is 2.42. The van der Waals surface area contributed by atoms with E-state index in [-0.39, 0.29) is 23.8 Å². The lowest BCUT2D eigenvalue weighted by Gasteiger charge is -2.20. The minimum Gasteiger partial charge on any atom is -0.434 e. The molecule has 168 valence electrons. The number of nitro groups is 1. The van der Waals surface area contributed by atoms with E-state index in [9.17, 15) is 33.6 Å². The van der Waals surface area contributed by atoms with Crippen LogP contribution in [-0.2, 0) is 20.6 Å². The number of halogens is 2. The molecule has 0 saturated carbocycles. The molecular formula is C16H16F2N4O8S. The summed E-state index contributed by atoms with van der Waals surface area (Å²) in [5, 5.41) is 20.4. The van der Waals surface area contributed by atoms with Gasteiger partial charge in [-0.25, -0.2) is 9.59 Å². The maximum Gasteiger partial charge on any atom is 0.508 e. The SMILES string of the molecule is Nc1ccn([C@@H]2O[C@H](COC(=O)OCCc3ccc([N+](=O)[O-])s3)[C@@H](O)C2(F)F)c(=O)n1. The Hall–Kier alpha value is -3.17. The number of hydrogen-bond acceptors (Lipinski definition) is 11. The van der Waals surface area contributed by atoms with Crippen molar-refractivity contribution in [3.63, 3.8) is 0 Å². The van der Waals surface area contributed by atoms with Gasteiger partial charge in [0.15, 0.2) is 6.10 Å². The maximum absolute atomic E-state index is 14.4. The van der Waals surface area contributed by atoms with Crippen LogP contribution in [0.5, 0.6) is 0 Å². The van der Waals surface area contributed by atoms with Gasteiger partial charge in [-0.1, -0.05) is 11.3 Å². The second-order valence-corrected chi connectivity index (χ2v) is 7.49. The summed E-state index contributed by atoms with van der Waals surface area (Å²) in [4.78, 5) is 37.5. The number of nitrogen functional groups attached to an aromatic ring is 1. The van der Waals surface area contributed by atoms with Crippen molar-refractivity contribution in [1.82, 2.24) is 9.55 Å². The largest absolute Gasteiger partial charge is 0.508 e. The van der Waals surface area contributed by atoms with E-state index in [0.717, 1.165) is 23.6 Å². The Morgan fingerprint density at radius 1 is 1.42 bits per heavy atom. The molecule has 1 aliphatic rings. The van der Waals surface area contributed by atoms with Gasteiger partial charge in [0.25, 0.3) is 0 Å². The van der Waals surface area contributed by atoms with Crippen molar-refractivity contribution in [3.05, 3.63) is 49.9 Å². The van der Waals surface area contributed by atoms with E-state index in [1.807, 2.05) is 0 Å². The number of anilines is 1. The number of ether oxygens (including phenoxy) is 3.